The monoisotopic (exact) mass is 216 g/mol. The maximum absolute atomic E-state index is 6.14. The smallest absolute Gasteiger partial charge is 0.0935 e. The molecule has 2 rings (SSSR count). The summed E-state index contributed by atoms with van der Waals surface area (Å²) in [5, 5.41) is 0. The van der Waals surface area contributed by atoms with Crippen LogP contribution in [0.3, 0.4) is 0 Å². The molecule has 0 saturated heterocycles. The molecule has 0 aliphatic heterocycles. The molecule has 1 fully saturated rings. The SMILES string of the molecule is C=C(C)COC1(c2ccccc2)CCCC1. The van der Waals surface area contributed by atoms with E-state index in [0.717, 1.165) is 18.4 Å². The summed E-state index contributed by atoms with van der Waals surface area (Å²) in [6.45, 7) is 6.61. The highest BCUT2D eigenvalue weighted by molar-refractivity contribution is 5.23. The topological polar surface area (TPSA) is 9.23 Å². The first-order chi connectivity index (χ1) is 7.73. The van der Waals surface area contributed by atoms with E-state index in [2.05, 4.69) is 36.9 Å². The third kappa shape index (κ3) is 2.35. The van der Waals surface area contributed by atoms with E-state index in [0.29, 0.717) is 6.61 Å². The summed E-state index contributed by atoms with van der Waals surface area (Å²) >= 11 is 0. The van der Waals surface area contributed by atoms with Gasteiger partial charge in [-0.15, -0.1) is 0 Å². The molecule has 86 valence electrons. The molecule has 0 amide bonds. The summed E-state index contributed by atoms with van der Waals surface area (Å²) in [6, 6.07) is 10.6. The van der Waals surface area contributed by atoms with Crippen molar-refractivity contribution in [1.29, 1.82) is 0 Å². The number of rotatable bonds is 4. The second-order valence-corrected chi connectivity index (χ2v) is 4.81. The van der Waals surface area contributed by atoms with E-state index in [1.54, 1.807) is 0 Å². The Labute approximate surface area is 98.1 Å². The van der Waals surface area contributed by atoms with Crippen molar-refractivity contribution in [2.45, 2.75) is 38.2 Å². The van der Waals surface area contributed by atoms with Crippen LogP contribution in [0.1, 0.15) is 38.2 Å². The summed E-state index contributed by atoms with van der Waals surface area (Å²) in [5.74, 6) is 0. The van der Waals surface area contributed by atoms with Crippen molar-refractivity contribution >= 4 is 0 Å². The third-order valence-corrected chi connectivity index (χ3v) is 3.31. The second kappa shape index (κ2) is 4.84. The van der Waals surface area contributed by atoms with Gasteiger partial charge < -0.3 is 4.74 Å². The van der Waals surface area contributed by atoms with Crippen LogP contribution in [0.15, 0.2) is 42.5 Å². The lowest BCUT2D eigenvalue weighted by molar-refractivity contribution is -0.0337. The van der Waals surface area contributed by atoms with Gasteiger partial charge in [0.05, 0.1) is 12.2 Å². The number of benzene rings is 1. The summed E-state index contributed by atoms with van der Waals surface area (Å²) < 4.78 is 6.14. The van der Waals surface area contributed by atoms with Crippen LogP contribution in [-0.4, -0.2) is 6.61 Å². The molecule has 16 heavy (non-hydrogen) atoms. The summed E-state index contributed by atoms with van der Waals surface area (Å²) in [6.07, 6.45) is 4.82. The van der Waals surface area contributed by atoms with Gasteiger partial charge in [-0.05, 0) is 25.3 Å². The summed E-state index contributed by atoms with van der Waals surface area (Å²) in [4.78, 5) is 0. The Morgan fingerprint density at radius 2 is 1.88 bits per heavy atom. The fourth-order valence-corrected chi connectivity index (χ4v) is 2.47. The van der Waals surface area contributed by atoms with Gasteiger partial charge in [-0.1, -0.05) is 55.3 Å². The van der Waals surface area contributed by atoms with Gasteiger partial charge in [0, 0.05) is 0 Å². The molecule has 0 unspecified atom stereocenters. The summed E-state index contributed by atoms with van der Waals surface area (Å²) in [5.41, 5.74) is 2.39. The van der Waals surface area contributed by atoms with Gasteiger partial charge in [0.1, 0.15) is 0 Å². The van der Waals surface area contributed by atoms with Crippen molar-refractivity contribution in [3.05, 3.63) is 48.0 Å². The molecule has 0 heterocycles. The fourth-order valence-electron chi connectivity index (χ4n) is 2.47. The molecule has 0 spiro atoms. The van der Waals surface area contributed by atoms with Crippen molar-refractivity contribution in [1.82, 2.24) is 0 Å². The van der Waals surface area contributed by atoms with Gasteiger partial charge in [-0.25, -0.2) is 0 Å². The zero-order chi connectivity index (χ0) is 11.4. The molecular formula is C15H20O. The Bertz CT molecular complexity index is 347. The standard InChI is InChI=1S/C15H20O/c1-13(2)12-16-15(10-6-7-11-15)14-8-4-3-5-9-14/h3-5,8-9H,1,6-7,10-12H2,2H3. The Kier molecular flexibility index (Phi) is 3.45. The van der Waals surface area contributed by atoms with E-state index in [1.807, 2.05) is 6.92 Å². The van der Waals surface area contributed by atoms with Crippen LogP contribution >= 0.6 is 0 Å². The van der Waals surface area contributed by atoms with Crippen LogP contribution in [0, 0.1) is 0 Å². The van der Waals surface area contributed by atoms with Gasteiger partial charge in [0.2, 0.25) is 0 Å². The van der Waals surface area contributed by atoms with E-state index >= 15 is 0 Å². The van der Waals surface area contributed by atoms with Crippen molar-refractivity contribution < 1.29 is 4.74 Å². The minimum atomic E-state index is -0.0415. The molecule has 0 bridgehead atoms. The quantitative estimate of drug-likeness (QED) is 0.690. The van der Waals surface area contributed by atoms with Crippen molar-refractivity contribution in [3.63, 3.8) is 0 Å². The Hall–Kier alpha value is -1.08. The van der Waals surface area contributed by atoms with Crippen LogP contribution in [0.25, 0.3) is 0 Å². The lowest BCUT2D eigenvalue weighted by atomic mass is 9.92. The molecule has 1 nitrogen and oxygen atoms in total. The van der Waals surface area contributed by atoms with Gasteiger partial charge in [-0.2, -0.15) is 0 Å². The normalized spacial score (nSPS) is 18.6. The molecular weight excluding hydrogens is 196 g/mol. The van der Waals surface area contributed by atoms with Gasteiger partial charge in [-0.3, -0.25) is 0 Å². The zero-order valence-electron chi connectivity index (χ0n) is 10.0. The Morgan fingerprint density at radius 3 is 2.44 bits per heavy atom. The molecule has 1 aromatic rings. The van der Waals surface area contributed by atoms with Crippen molar-refractivity contribution in [2.75, 3.05) is 6.61 Å². The van der Waals surface area contributed by atoms with Crippen LogP contribution in [0.4, 0.5) is 0 Å². The molecule has 0 radical (unpaired) electrons. The molecule has 1 aromatic carbocycles. The number of hydrogen-bond donors (Lipinski definition) is 0. The largest absolute Gasteiger partial charge is 0.366 e. The first-order valence-corrected chi connectivity index (χ1v) is 6.07. The van der Waals surface area contributed by atoms with Crippen molar-refractivity contribution in [2.24, 2.45) is 0 Å². The van der Waals surface area contributed by atoms with Crippen LogP contribution < -0.4 is 0 Å². The van der Waals surface area contributed by atoms with Gasteiger partial charge in [0.15, 0.2) is 0 Å². The van der Waals surface area contributed by atoms with E-state index < -0.39 is 0 Å². The maximum atomic E-state index is 6.14. The molecule has 0 atom stereocenters. The third-order valence-electron chi connectivity index (χ3n) is 3.31. The van der Waals surface area contributed by atoms with Crippen molar-refractivity contribution in [3.8, 4) is 0 Å². The first kappa shape index (κ1) is 11.4. The highest BCUT2D eigenvalue weighted by Crippen LogP contribution is 2.42. The first-order valence-electron chi connectivity index (χ1n) is 6.07. The molecule has 1 heteroatoms. The lowest BCUT2D eigenvalue weighted by Crippen LogP contribution is -2.26. The van der Waals surface area contributed by atoms with E-state index in [4.69, 9.17) is 4.74 Å². The molecule has 1 aliphatic rings. The van der Waals surface area contributed by atoms with E-state index in [1.165, 1.54) is 18.4 Å². The minimum absolute atomic E-state index is 0.0415. The molecule has 1 saturated carbocycles. The minimum Gasteiger partial charge on any atom is -0.366 e. The molecule has 0 N–H and O–H groups in total. The predicted molar refractivity (Wildman–Crippen MR) is 67.4 cm³/mol. The summed E-state index contributed by atoms with van der Waals surface area (Å²) in [7, 11) is 0. The van der Waals surface area contributed by atoms with Gasteiger partial charge >= 0.3 is 0 Å². The van der Waals surface area contributed by atoms with E-state index in [9.17, 15) is 0 Å². The highest BCUT2D eigenvalue weighted by Gasteiger charge is 2.36. The average Bonchev–Trinajstić information content (AvgIpc) is 2.78. The predicted octanol–water partition coefficient (Wildman–Crippen LogP) is 4.05. The molecule has 1 aliphatic carbocycles. The number of hydrogen-bond acceptors (Lipinski definition) is 1. The Morgan fingerprint density at radius 1 is 1.25 bits per heavy atom. The highest BCUT2D eigenvalue weighted by atomic mass is 16.5. The fraction of sp³-hybridized carbons (Fsp3) is 0.467. The van der Waals surface area contributed by atoms with Gasteiger partial charge in [0.25, 0.3) is 0 Å². The second-order valence-electron chi connectivity index (χ2n) is 4.81. The average molecular weight is 216 g/mol. The molecule has 0 aromatic heterocycles. The van der Waals surface area contributed by atoms with Crippen LogP contribution in [0.5, 0.6) is 0 Å². The lowest BCUT2D eigenvalue weighted by Gasteiger charge is -2.30. The Balaban J connectivity index is 2.19. The number of ether oxygens (including phenoxy) is 1. The van der Waals surface area contributed by atoms with Crippen LogP contribution in [-0.2, 0) is 10.3 Å². The maximum Gasteiger partial charge on any atom is 0.0935 e. The van der Waals surface area contributed by atoms with Crippen LogP contribution in [0.2, 0.25) is 0 Å². The zero-order valence-corrected chi connectivity index (χ0v) is 10.0. The van der Waals surface area contributed by atoms with E-state index in [-0.39, 0.29) is 5.60 Å².